The maximum atomic E-state index is 12.4. The third kappa shape index (κ3) is 5.00. The van der Waals surface area contributed by atoms with Gasteiger partial charge in [0.25, 0.3) is 0 Å². The molecule has 1 aliphatic rings. The summed E-state index contributed by atoms with van der Waals surface area (Å²) < 4.78 is 0.890. The molecule has 2 heterocycles. The Balaban J connectivity index is 1.85. The van der Waals surface area contributed by atoms with E-state index in [-0.39, 0.29) is 23.9 Å². The Bertz CT molecular complexity index is 971. The first-order valence-electron chi connectivity index (χ1n) is 9.17. The van der Waals surface area contributed by atoms with Crippen LogP contribution in [0.2, 0.25) is 0 Å². The number of aromatic nitrogens is 2. The number of carbonyl (C=O) groups excluding carboxylic acids is 2. The van der Waals surface area contributed by atoms with Gasteiger partial charge in [-0.2, -0.15) is 0 Å². The molecule has 0 bridgehead atoms. The number of amides is 2. The zero-order valence-corrected chi connectivity index (χ0v) is 17.5. The first-order valence-corrected chi connectivity index (χ1v) is 9.96. The fourth-order valence-electron chi connectivity index (χ4n) is 3.29. The molecule has 1 unspecified atom stereocenters. The number of halogens is 1. The van der Waals surface area contributed by atoms with Crippen molar-refractivity contribution in [3.05, 3.63) is 50.7 Å². The largest absolute Gasteiger partial charge is 0.368 e. The topological polar surface area (TPSA) is 156 Å². The molecule has 1 saturated heterocycles. The number of nitrogens with two attached hydrogens (primary N) is 1. The second-order valence-electron chi connectivity index (χ2n) is 6.67. The van der Waals surface area contributed by atoms with E-state index in [1.54, 1.807) is 4.90 Å². The van der Waals surface area contributed by atoms with Gasteiger partial charge in [0.2, 0.25) is 23.5 Å². The van der Waals surface area contributed by atoms with Gasteiger partial charge in [-0.15, -0.1) is 0 Å². The number of nitrogens with one attached hydrogen (secondary N) is 2. The number of hydrogen-bond donors (Lipinski definition) is 3. The second-order valence-corrected chi connectivity index (χ2v) is 7.59. The lowest BCUT2D eigenvalue weighted by atomic mass is 10.2. The van der Waals surface area contributed by atoms with Crippen molar-refractivity contribution >= 4 is 45.1 Å². The third-order valence-corrected chi connectivity index (χ3v) is 5.09. The molecule has 0 spiro atoms. The van der Waals surface area contributed by atoms with Crippen molar-refractivity contribution in [3.8, 4) is 0 Å². The summed E-state index contributed by atoms with van der Waals surface area (Å²) in [6.45, 7) is 0.436. The van der Waals surface area contributed by atoms with Crippen LogP contribution < -0.4 is 21.3 Å². The molecule has 0 aliphatic carbocycles. The lowest BCUT2D eigenvalue weighted by Gasteiger charge is -2.24. The molecule has 2 amide bonds. The van der Waals surface area contributed by atoms with Gasteiger partial charge in [-0.05, 0) is 30.5 Å². The van der Waals surface area contributed by atoms with Crippen LogP contribution in [0.15, 0.2) is 35.1 Å². The van der Waals surface area contributed by atoms with Gasteiger partial charge >= 0.3 is 5.69 Å². The Kier molecular flexibility index (Phi) is 6.77. The molecule has 12 heteroatoms. The van der Waals surface area contributed by atoms with Gasteiger partial charge < -0.3 is 21.3 Å². The first kappa shape index (κ1) is 21.4. The van der Waals surface area contributed by atoms with Crippen LogP contribution in [0.25, 0.3) is 0 Å². The molecule has 1 aliphatic heterocycles. The molecule has 1 fully saturated rings. The Labute approximate surface area is 180 Å². The van der Waals surface area contributed by atoms with Crippen molar-refractivity contribution in [3.63, 3.8) is 0 Å². The summed E-state index contributed by atoms with van der Waals surface area (Å²) >= 11 is 3.39. The van der Waals surface area contributed by atoms with Gasteiger partial charge in [-0.25, -0.2) is 9.97 Å². The van der Waals surface area contributed by atoms with E-state index in [4.69, 9.17) is 5.73 Å². The molecule has 0 saturated carbocycles. The SMILES string of the molecule is NC(=O)CNC(=O)C1CCCN1c1ncnc(NCc2cccc(Br)c2)c1[N+](=O)[O-]. The number of anilines is 2. The lowest BCUT2D eigenvalue weighted by molar-refractivity contribution is -0.383. The lowest BCUT2D eigenvalue weighted by Crippen LogP contribution is -2.46. The van der Waals surface area contributed by atoms with E-state index < -0.39 is 22.8 Å². The van der Waals surface area contributed by atoms with Crippen LogP contribution in [0.3, 0.4) is 0 Å². The molecule has 30 heavy (non-hydrogen) atoms. The van der Waals surface area contributed by atoms with Crippen LogP contribution in [-0.2, 0) is 16.1 Å². The second kappa shape index (κ2) is 9.48. The number of primary amides is 1. The van der Waals surface area contributed by atoms with Gasteiger partial charge in [0, 0.05) is 17.6 Å². The normalized spacial score (nSPS) is 15.6. The average molecular weight is 478 g/mol. The molecule has 1 aromatic carbocycles. The van der Waals surface area contributed by atoms with Crippen LogP contribution in [-0.4, -0.2) is 45.8 Å². The minimum Gasteiger partial charge on any atom is -0.368 e. The predicted octanol–water partition coefficient (Wildman–Crippen LogP) is 1.33. The third-order valence-electron chi connectivity index (χ3n) is 4.60. The molecule has 1 atom stereocenters. The van der Waals surface area contributed by atoms with Crippen molar-refractivity contribution < 1.29 is 14.5 Å². The van der Waals surface area contributed by atoms with Gasteiger partial charge in [-0.1, -0.05) is 28.1 Å². The van der Waals surface area contributed by atoms with Crippen molar-refractivity contribution in [2.24, 2.45) is 5.73 Å². The van der Waals surface area contributed by atoms with E-state index in [0.717, 1.165) is 10.0 Å². The Hall–Kier alpha value is -3.28. The van der Waals surface area contributed by atoms with E-state index in [9.17, 15) is 19.7 Å². The Morgan fingerprint density at radius 2 is 2.17 bits per heavy atom. The van der Waals surface area contributed by atoms with Crippen LogP contribution >= 0.6 is 15.9 Å². The Morgan fingerprint density at radius 1 is 1.37 bits per heavy atom. The van der Waals surface area contributed by atoms with Crippen LogP contribution in [0.5, 0.6) is 0 Å². The summed E-state index contributed by atoms with van der Waals surface area (Å²) in [5.41, 5.74) is 5.67. The van der Waals surface area contributed by atoms with Crippen LogP contribution in [0, 0.1) is 10.1 Å². The molecule has 11 nitrogen and oxygen atoms in total. The van der Waals surface area contributed by atoms with Gasteiger partial charge in [-0.3, -0.25) is 19.7 Å². The van der Waals surface area contributed by atoms with E-state index in [1.165, 1.54) is 6.33 Å². The van der Waals surface area contributed by atoms with Crippen LogP contribution in [0.4, 0.5) is 17.3 Å². The maximum Gasteiger partial charge on any atom is 0.353 e. The summed E-state index contributed by atoms with van der Waals surface area (Å²) in [7, 11) is 0. The van der Waals surface area contributed by atoms with Gasteiger partial charge in [0.05, 0.1) is 11.5 Å². The van der Waals surface area contributed by atoms with E-state index >= 15 is 0 Å². The summed E-state index contributed by atoms with van der Waals surface area (Å²) in [6, 6.07) is 6.83. The minimum atomic E-state index is -0.684. The zero-order valence-electron chi connectivity index (χ0n) is 15.9. The minimum absolute atomic E-state index is 0.0588. The molecule has 2 aromatic rings. The number of carbonyl (C=O) groups is 2. The highest BCUT2D eigenvalue weighted by Crippen LogP contribution is 2.36. The van der Waals surface area contributed by atoms with Crippen LogP contribution in [0.1, 0.15) is 18.4 Å². The maximum absolute atomic E-state index is 12.4. The fourth-order valence-corrected chi connectivity index (χ4v) is 3.74. The summed E-state index contributed by atoms with van der Waals surface area (Å²) in [4.78, 5) is 44.4. The van der Waals surface area contributed by atoms with Gasteiger partial charge in [0.15, 0.2) is 0 Å². The molecule has 158 valence electrons. The number of rotatable bonds is 8. The standard InChI is InChI=1S/C18H20BrN7O4/c19-12-4-1-3-11(7-12)8-21-16-15(26(29)30)17(24-10-23-16)25-6-2-5-13(25)18(28)22-9-14(20)27/h1,3-4,7,10,13H,2,5-6,8-9H2,(H2,20,27)(H,22,28)(H,21,23,24). The molecule has 3 rings (SSSR count). The number of benzene rings is 1. The highest BCUT2D eigenvalue weighted by Gasteiger charge is 2.37. The van der Waals surface area contributed by atoms with Crippen molar-refractivity contribution in [1.29, 1.82) is 0 Å². The quantitative estimate of drug-likeness (QED) is 0.379. The van der Waals surface area contributed by atoms with E-state index in [0.29, 0.717) is 25.9 Å². The average Bonchev–Trinajstić information content (AvgIpc) is 3.20. The highest BCUT2D eigenvalue weighted by molar-refractivity contribution is 9.10. The molecule has 0 radical (unpaired) electrons. The smallest absolute Gasteiger partial charge is 0.353 e. The number of nitrogens with zero attached hydrogens (tertiary/aromatic N) is 4. The molecule has 4 N–H and O–H groups in total. The highest BCUT2D eigenvalue weighted by atomic mass is 79.9. The monoisotopic (exact) mass is 477 g/mol. The molecular formula is C18H20BrN7O4. The van der Waals surface area contributed by atoms with E-state index in [2.05, 4.69) is 36.5 Å². The number of hydrogen-bond acceptors (Lipinski definition) is 8. The summed E-state index contributed by atoms with van der Waals surface area (Å²) in [6.07, 6.45) is 2.35. The fraction of sp³-hybridized carbons (Fsp3) is 0.333. The van der Waals surface area contributed by atoms with Gasteiger partial charge in [0.1, 0.15) is 12.4 Å². The molecular weight excluding hydrogens is 458 g/mol. The number of nitro groups is 1. The summed E-state index contributed by atoms with van der Waals surface area (Å²) in [5, 5.41) is 17.3. The summed E-state index contributed by atoms with van der Waals surface area (Å²) in [5.74, 6) is -0.973. The van der Waals surface area contributed by atoms with Crippen molar-refractivity contribution in [1.82, 2.24) is 15.3 Å². The van der Waals surface area contributed by atoms with E-state index in [1.807, 2.05) is 24.3 Å². The first-order chi connectivity index (χ1) is 14.4. The molecule has 1 aromatic heterocycles. The van der Waals surface area contributed by atoms with Crippen molar-refractivity contribution in [2.75, 3.05) is 23.3 Å². The predicted molar refractivity (Wildman–Crippen MR) is 113 cm³/mol. The zero-order chi connectivity index (χ0) is 21.7. The van der Waals surface area contributed by atoms with Crippen molar-refractivity contribution in [2.45, 2.75) is 25.4 Å². The Morgan fingerprint density at radius 3 is 2.87 bits per heavy atom.